The molecule has 0 spiro atoms. The molecule has 0 atom stereocenters. The molecule has 1 aliphatic rings. The average molecular weight is 630 g/mol. The number of hydrogen-bond acceptors (Lipinski definition) is 9. The van der Waals surface area contributed by atoms with Gasteiger partial charge < -0.3 is 14.2 Å². The summed E-state index contributed by atoms with van der Waals surface area (Å²) in [5.41, 5.74) is 3.04. The normalized spacial score (nSPS) is 14.0. The topological polar surface area (TPSA) is 134 Å². The number of nitrogens with zero attached hydrogens (tertiary/aromatic N) is 6. The molecule has 5 rings (SSSR count). The Labute approximate surface area is 255 Å². The molecule has 43 heavy (non-hydrogen) atoms. The van der Waals surface area contributed by atoms with Crippen molar-refractivity contribution < 1.29 is 19.0 Å². The number of rotatable bonds is 9. The number of aryl methyl sites for hydroxylation is 1. The van der Waals surface area contributed by atoms with Crippen LogP contribution < -0.4 is 26.1 Å². The number of morpholine rings is 1. The first-order chi connectivity index (χ1) is 20.7. The van der Waals surface area contributed by atoms with E-state index in [0.29, 0.717) is 53.2 Å². The van der Waals surface area contributed by atoms with Gasteiger partial charge in [0.2, 0.25) is 0 Å². The van der Waals surface area contributed by atoms with Crippen LogP contribution in [-0.2, 0) is 30.2 Å². The van der Waals surface area contributed by atoms with Crippen LogP contribution in [-0.4, -0.2) is 75.7 Å². The first kappa shape index (κ1) is 30.3. The molecule has 13 nitrogen and oxygen atoms in total. The Bertz CT molecular complexity index is 1830. The Balaban J connectivity index is 1.44. The van der Waals surface area contributed by atoms with E-state index in [0.717, 1.165) is 4.57 Å². The van der Waals surface area contributed by atoms with Gasteiger partial charge in [0, 0.05) is 37.2 Å². The molecule has 1 fully saturated rings. The van der Waals surface area contributed by atoms with Crippen LogP contribution in [0.5, 0.6) is 17.5 Å². The Morgan fingerprint density at radius 2 is 1.86 bits per heavy atom. The van der Waals surface area contributed by atoms with Crippen LogP contribution in [0.25, 0.3) is 11.2 Å². The molecule has 0 unspecified atom stereocenters. The van der Waals surface area contributed by atoms with Crippen molar-refractivity contribution in [1.29, 1.82) is 0 Å². The van der Waals surface area contributed by atoms with Gasteiger partial charge in [-0.3, -0.25) is 28.2 Å². The number of methoxy groups -OCH3 is 1. The number of nitrogens with one attached hydrogen (secondary N) is 1. The van der Waals surface area contributed by atoms with Crippen molar-refractivity contribution in [3.05, 3.63) is 78.4 Å². The lowest BCUT2D eigenvalue weighted by atomic mass is 10.2. The molecule has 15 heteroatoms. The molecule has 2 aromatic carbocycles. The third kappa shape index (κ3) is 6.59. The lowest BCUT2D eigenvalue weighted by molar-refractivity contribution is -0.123. The Morgan fingerprint density at radius 3 is 2.58 bits per heavy atom. The summed E-state index contributed by atoms with van der Waals surface area (Å²) in [6, 6.07) is 10.1. The number of hydrogen-bond donors (Lipinski definition) is 1. The number of amides is 1. The van der Waals surface area contributed by atoms with Crippen LogP contribution in [0.3, 0.4) is 0 Å². The average Bonchev–Trinajstić information content (AvgIpc) is 3.35. The predicted molar refractivity (Wildman–Crippen MR) is 162 cm³/mol. The van der Waals surface area contributed by atoms with Crippen LogP contribution in [0.2, 0.25) is 10.0 Å². The molecule has 0 aliphatic carbocycles. The molecule has 2 aromatic heterocycles. The van der Waals surface area contributed by atoms with E-state index in [1.165, 1.54) is 32.0 Å². The summed E-state index contributed by atoms with van der Waals surface area (Å²) in [5, 5.41) is 4.90. The van der Waals surface area contributed by atoms with Crippen molar-refractivity contribution in [2.75, 3.05) is 40.0 Å². The van der Waals surface area contributed by atoms with Gasteiger partial charge in [0.25, 0.3) is 11.5 Å². The third-order valence-corrected chi connectivity index (χ3v) is 7.51. The minimum absolute atomic E-state index is 0.0365. The monoisotopic (exact) mass is 629 g/mol. The van der Waals surface area contributed by atoms with Crippen molar-refractivity contribution in [3.63, 3.8) is 0 Å². The molecule has 1 aliphatic heterocycles. The maximum Gasteiger partial charge on any atom is 0.332 e. The van der Waals surface area contributed by atoms with Gasteiger partial charge >= 0.3 is 11.7 Å². The molecular formula is C28H29Cl2N7O6. The zero-order valence-electron chi connectivity index (χ0n) is 23.7. The Kier molecular flexibility index (Phi) is 9.16. The highest BCUT2D eigenvalue weighted by Crippen LogP contribution is 2.33. The molecule has 0 saturated carbocycles. The van der Waals surface area contributed by atoms with Crippen molar-refractivity contribution in [3.8, 4) is 17.5 Å². The van der Waals surface area contributed by atoms with Gasteiger partial charge in [-0.05, 0) is 41.5 Å². The number of aromatic nitrogens is 4. The summed E-state index contributed by atoms with van der Waals surface area (Å²) < 4.78 is 20.9. The summed E-state index contributed by atoms with van der Waals surface area (Å²) in [6.07, 6.45) is 1.49. The van der Waals surface area contributed by atoms with Crippen LogP contribution >= 0.6 is 23.2 Å². The van der Waals surface area contributed by atoms with Crippen molar-refractivity contribution in [2.24, 2.45) is 19.2 Å². The van der Waals surface area contributed by atoms with E-state index in [9.17, 15) is 14.4 Å². The first-order valence-electron chi connectivity index (χ1n) is 13.2. The highest BCUT2D eigenvalue weighted by molar-refractivity contribution is 6.35. The zero-order chi connectivity index (χ0) is 30.7. The van der Waals surface area contributed by atoms with Gasteiger partial charge in [-0.25, -0.2) is 10.2 Å². The van der Waals surface area contributed by atoms with E-state index < -0.39 is 11.2 Å². The second-order valence-corrected chi connectivity index (χ2v) is 10.6. The number of benzene rings is 2. The fourth-order valence-electron chi connectivity index (χ4n) is 4.60. The van der Waals surface area contributed by atoms with Crippen LogP contribution in [0.15, 0.2) is 51.1 Å². The third-order valence-electron chi connectivity index (χ3n) is 6.92. The largest absolute Gasteiger partial charge is 0.493 e. The summed E-state index contributed by atoms with van der Waals surface area (Å²) in [4.78, 5) is 44.6. The molecule has 3 heterocycles. The molecular weight excluding hydrogens is 601 g/mol. The maximum atomic E-state index is 13.2. The number of ether oxygens (including phenoxy) is 3. The summed E-state index contributed by atoms with van der Waals surface area (Å²) >= 11 is 12.5. The lowest BCUT2D eigenvalue weighted by Crippen LogP contribution is -2.42. The predicted octanol–water partition coefficient (Wildman–Crippen LogP) is 2.37. The van der Waals surface area contributed by atoms with E-state index in [1.54, 1.807) is 41.0 Å². The fourth-order valence-corrected chi connectivity index (χ4v) is 5.06. The number of imidazole rings is 1. The minimum Gasteiger partial charge on any atom is -0.493 e. The van der Waals surface area contributed by atoms with E-state index >= 15 is 0 Å². The smallest absolute Gasteiger partial charge is 0.332 e. The summed E-state index contributed by atoms with van der Waals surface area (Å²) in [6.45, 7) is 2.93. The standard InChI is InChI=1S/C28H29Cl2N7O6/c1-34-25-24(26(39)35(2)28(34)40)37(15-18-5-6-19(29)13-20(18)30)27(32-25)43-21-7-4-17(12-22(21)41-3)14-31-33-23(38)16-36-8-10-42-11-9-36/h4-7,12-14H,8-11,15-16H2,1-3H3,(H,33,38)/b31-14-. The minimum atomic E-state index is -0.542. The van der Waals surface area contributed by atoms with E-state index in [1.807, 2.05) is 4.90 Å². The van der Waals surface area contributed by atoms with Gasteiger partial charge in [0.05, 0.1) is 39.6 Å². The van der Waals surface area contributed by atoms with Crippen LogP contribution in [0.1, 0.15) is 11.1 Å². The van der Waals surface area contributed by atoms with Gasteiger partial charge in [-0.2, -0.15) is 10.1 Å². The van der Waals surface area contributed by atoms with Gasteiger partial charge in [-0.1, -0.05) is 29.3 Å². The highest BCUT2D eigenvalue weighted by Gasteiger charge is 2.22. The van der Waals surface area contributed by atoms with E-state index in [-0.39, 0.29) is 41.9 Å². The maximum absolute atomic E-state index is 13.2. The molecule has 1 saturated heterocycles. The van der Waals surface area contributed by atoms with Crippen molar-refractivity contribution >= 4 is 46.5 Å². The summed E-state index contributed by atoms with van der Waals surface area (Å²) in [7, 11) is 4.39. The number of carbonyl (C=O) groups excluding carboxylic acids is 1. The van der Waals surface area contributed by atoms with Crippen molar-refractivity contribution in [2.45, 2.75) is 6.54 Å². The molecule has 4 aromatic rings. The van der Waals surface area contributed by atoms with E-state index in [4.69, 9.17) is 37.4 Å². The number of halogens is 2. The molecule has 1 N–H and O–H groups in total. The molecule has 0 bridgehead atoms. The fraction of sp³-hybridized carbons (Fsp3) is 0.321. The van der Waals surface area contributed by atoms with Gasteiger partial charge in [0.1, 0.15) is 0 Å². The second-order valence-electron chi connectivity index (χ2n) is 9.79. The Hall–Kier alpha value is -4.17. The number of carbonyl (C=O) groups is 1. The second kappa shape index (κ2) is 13.0. The first-order valence-corrected chi connectivity index (χ1v) is 14.0. The van der Waals surface area contributed by atoms with Crippen LogP contribution in [0.4, 0.5) is 0 Å². The van der Waals surface area contributed by atoms with E-state index in [2.05, 4.69) is 15.5 Å². The van der Waals surface area contributed by atoms with Crippen molar-refractivity contribution in [1.82, 2.24) is 29.0 Å². The van der Waals surface area contributed by atoms with Crippen LogP contribution in [0, 0.1) is 0 Å². The molecule has 226 valence electrons. The molecule has 0 radical (unpaired) electrons. The van der Waals surface area contributed by atoms with Gasteiger partial charge in [-0.15, -0.1) is 0 Å². The zero-order valence-corrected chi connectivity index (χ0v) is 25.2. The van der Waals surface area contributed by atoms with Gasteiger partial charge in [0.15, 0.2) is 22.7 Å². The molecule has 1 amide bonds. The Morgan fingerprint density at radius 1 is 1.09 bits per heavy atom. The summed E-state index contributed by atoms with van der Waals surface area (Å²) in [5.74, 6) is 0.399. The quantitative estimate of drug-likeness (QED) is 0.220. The number of hydrazone groups is 1. The highest BCUT2D eigenvalue weighted by atomic mass is 35.5. The SMILES string of the molecule is COc1cc(/C=N\NC(=O)CN2CCOCC2)ccc1Oc1nc2c(c(=O)n(C)c(=O)n2C)n1Cc1ccc(Cl)cc1Cl. The number of fused-ring (bicyclic) bond motifs is 1. The lowest BCUT2D eigenvalue weighted by Gasteiger charge is -2.25.